The van der Waals surface area contributed by atoms with Crippen LogP contribution < -0.4 is 10.1 Å². The van der Waals surface area contributed by atoms with Gasteiger partial charge in [0, 0.05) is 6.04 Å². The van der Waals surface area contributed by atoms with Crippen LogP contribution >= 0.6 is 0 Å². The second-order valence-electron chi connectivity index (χ2n) is 4.76. The van der Waals surface area contributed by atoms with Gasteiger partial charge < -0.3 is 10.1 Å². The van der Waals surface area contributed by atoms with E-state index in [-0.39, 0.29) is 6.10 Å². The summed E-state index contributed by atoms with van der Waals surface area (Å²) in [5, 5.41) is 3.39. The van der Waals surface area contributed by atoms with Crippen LogP contribution in [-0.4, -0.2) is 13.2 Å². The van der Waals surface area contributed by atoms with E-state index in [4.69, 9.17) is 4.74 Å². The molecule has 1 aromatic carbocycles. The van der Waals surface area contributed by atoms with E-state index < -0.39 is 0 Å². The summed E-state index contributed by atoms with van der Waals surface area (Å²) in [5.74, 6) is 0.996. The molecule has 1 aliphatic rings. The van der Waals surface area contributed by atoms with Crippen LogP contribution in [0, 0.1) is 0 Å². The SMILES string of the molecule is CNC1CCCc2ccc(OC(C)C)cc21. The molecule has 1 aromatic rings. The molecule has 1 aliphatic carbocycles. The normalized spacial score (nSPS) is 19.6. The molecule has 0 aromatic heterocycles. The van der Waals surface area contributed by atoms with E-state index in [2.05, 4.69) is 37.4 Å². The number of hydrogen-bond donors (Lipinski definition) is 1. The topological polar surface area (TPSA) is 21.3 Å². The van der Waals surface area contributed by atoms with Gasteiger partial charge in [-0.1, -0.05) is 6.07 Å². The predicted octanol–water partition coefficient (Wildman–Crippen LogP) is 3.07. The summed E-state index contributed by atoms with van der Waals surface area (Å²) in [6, 6.07) is 7.02. The highest BCUT2D eigenvalue weighted by molar-refractivity contribution is 5.39. The van der Waals surface area contributed by atoms with Gasteiger partial charge in [0.05, 0.1) is 6.10 Å². The number of fused-ring (bicyclic) bond motifs is 1. The fourth-order valence-electron chi connectivity index (χ4n) is 2.42. The minimum Gasteiger partial charge on any atom is -0.491 e. The highest BCUT2D eigenvalue weighted by Crippen LogP contribution is 2.32. The fraction of sp³-hybridized carbons (Fsp3) is 0.571. The van der Waals surface area contributed by atoms with Crippen LogP contribution in [0.2, 0.25) is 0 Å². The molecule has 0 saturated heterocycles. The summed E-state index contributed by atoms with van der Waals surface area (Å²) in [4.78, 5) is 0. The van der Waals surface area contributed by atoms with Crippen LogP contribution in [0.5, 0.6) is 5.75 Å². The van der Waals surface area contributed by atoms with E-state index in [0.29, 0.717) is 6.04 Å². The van der Waals surface area contributed by atoms with E-state index in [1.165, 1.54) is 30.4 Å². The average molecular weight is 219 g/mol. The van der Waals surface area contributed by atoms with Crippen LogP contribution in [0.25, 0.3) is 0 Å². The van der Waals surface area contributed by atoms with Crippen molar-refractivity contribution in [3.63, 3.8) is 0 Å². The Morgan fingerprint density at radius 1 is 1.38 bits per heavy atom. The second-order valence-corrected chi connectivity index (χ2v) is 4.76. The van der Waals surface area contributed by atoms with Gasteiger partial charge in [-0.05, 0) is 63.4 Å². The molecule has 0 bridgehead atoms. The lowest BCUT2D eigenvalue weighted by molar-refractivity contribution is 0.241. The summed E-state index contributed by atoms with van der Waals surface area (Å²) in [6.45, 7) is 4.13. The van der Waals surface area contributed by atoms with Crippen molar-refractivity contribution >= 4 is 0 Å². The van der Waals surface area contributed by atoms with Crippen molar-refractivity contribution in [3.05, 3.63) is 29.3 Å². The first-order valence-electron chi connectivity index (χ1n) is 6.17. The molecule has 0 aliphatic heterocycles. The van der Waals surface area contributed by atoms with Crippen molar-refractivity contribution in [2.75, 3.05) is 7.05 Å². The third kappa shape index (κ3) is 2.38. The zero-order valence-electron chi connectivity index (χ0n) is 10.4. The van der Waals surface area contributed by atoms with Gasteiger partial charge in [0.25, 0.3) is 0 Å². The number of nitrogens with one attached hydrogen (secondary N) is 1. The Morgan fingerprint density at radius 3 is 2.88 bits per heavy atom. The maximum absolute atomic E-state index is 5.75. The van der Waals surface area contributed by atoms with E-state index in [0.717, 1.165) is 5.75 Å². The lowest BCUT2D eigenvalue weighted by Gasteiger charge is -2.26. The van der Waals surface area contributed by atoms with Crippen molar-refractivity contribution in [2.45, 2.75) is 45.3 Å². The van der Waals surface area contributed by atoms with Gasteiger partial charge >= 0.3 is 0 Å². The number of aryl methyl sites for hydroxylation is 1. The molecule has 2 heteroatoms. The fourth-order valence-corrected chi connectivity index (χ4v) is 2.42. The molecule has 0 heterocycles. The van der Waals surface area contributed by atoms with Crippen LogP contribution in [0.4, 0.5) is 0 Å². The molecule has 2 nitrogen and oxygen atoms in total. The molecule has 0 spiro atoms. The third-order valence-electron chi connectivity index (χ3n) is 3.15. The zero-order valence-corrected chi connectivity index (χ0v) is 10.4. The standard InChI is InChI=1S/C14H21NO/c1-10(2)16-12-8-7-11-5-4-6-14(15-3)13(11)9-12/h7-10,14-15H,4-6H2,1-3H3. The Bertz CT molecular complexity index is 360. The lowest BCUT2D eigenvalue weighted by atomic mass is 9.87. The number of rotatable bonds is 3. The van der Waals surface area contributed by atoms with Gasteiger partial charge in [-0.15, -0.1) is 0 Å². The molecule has 1 N–H and O–H groups in total. The van der Waals surface area contributed by atoms with Gasteiger partial charge in [-0.2, -0.15) is 0 Å². The third-order valence-corrected chi connectivity index (χ3v) is 3.15. The number of benzene rings is 1. The van der Waals surface area contributed by atoms with E-state index in [1.807, 2.05) is 7.05 Å². The summed E-state index contributed by atoms with van der Waals surface area (Å²) >= 11 is 0. The number of hydrogen-bond acceptors (Lipinski definition) is 2. The smallest absolute Gasteiger partial charge is 0.120 e. The molecule has 1 unspecified atom stereocenters. The first kappa shape index (κ1) is 11.5. The van der Waals surface area contributed by atoms with E-state index in [9.17, 15) is 0 Å². The van der Waals surface area contributed by atoms with Gasteiger partial charge in [0.2, 0.25) is 0 Å². The molecule has 0 radical (unpaired) electrons. The molecule has 0 saturated carbocycles. The maximum atomic E-state index is 5.75. The highest BCUT2D eigenvalue weighted by Gasteiger charge is 2.19. The summed E-state index contributed by atoms with van der Waals surface area (Å²) in [5.41, 5.74) is 2.90. The Labute approximate surface area is 98.0 Å². The first-order chi connectivity index (χ1) is 7.70. The Morgan fingerprint density at radius 2 is 2.19 bits per heavy atom. The molecule has 1 atom stereocenters. The Balaban J connectivity index is 2.27. The summed E-state index contributed by atoms with van der Waals surface area (Å²) in [7, 11) is 2.04. The molecule has 16 heavy (non-hydrogen) atoms. The number of ether oxygens (including phenoxy) is 1. The molecule has 88 valence electrons. The van der Waals surface area contributed by atoms with Crippen molar-refractivity contribution < 1.29 is 4.74 Å². The monoisotopic (exact) mass is 219 g/mol. The predicted molar refractivity (Wildman–Crippen MR) is 66.9 cm³/mol. The van der Waals surface area contributed by atoms with Gasteiger partial charge in [-0.3, -0.25) is 0 Å². The minimum atomic E-state index is 0.245. The second kappa shape index (κ2) is 4.88. The minimum absolute atomic E-state index is 0.245. The Kier molecular flexibility index (Phi) is 3.49. The Hall–Kier alpha value is -1.02. The van der Waals surface area contributed by atoms with Crippen molar-refractivity contribution in [3.8, 4) is 5.75 Å². The van der Waals surface area contributed by atoms with Gasteiger partial charge in [0.1, 0.15) is 5.75 Å². The van der Waals surface area contributed by atoms with Crippen molar-refractivity contribution in [1.29, 1.82) is 0 Å². The molecule has 0 fully saturated rings. The van der Waals surface area contributed by atoms with Gasteiger partial charge in [0.15, 0.2) is 0 Å². The highest BCUT2D eigenvalue weighted by atomic mass is 16.5. The maximum Gasteiger partial charge on any atom is 0.120 e. The average Bonchev–Trinajstić information content (AvgIpc) is 2.27. The van der Waals surface area contributed by atoms with E-state index in [1.54, 1.807) is 0 Å². The van der Waals surface area contributed by atoms with Crippen LogP contribution in [0.15, 0.2) is 18.2 Å². The molecule has 2 rings (SSSR count). The van der Waals surface area contributed by atoms with Crippen molar-refractivity contribution in [1.82, 2.24) is 5.32 Å². The van der Waals surface area contributed by atoms with Crippen molar-refractivity contribution in [2.24, 2.45) is 0 Å². The summed E-state index contributed by atoms with van der Waals surface area (Å²) < 4.78 is 5.75. The molecule has 0 amide bonds. The van der Waals surface area contributed by atoms with Crippen LogP contribution in [0.1, 0.15) is 43.9 Å². The van der Waals surface area contributed by atoms with E-state index >= 15 is 0 Å². The molecular weight excluding hydrogens is 198 g/mol. The molecular formula is C14H21NO. The van der Waals surface area contributed by atoms with Gasteiger partial charge in [-0.25, -0.2) is 0 Å². The summed E-state index contributed by atoms with van der Waals surface area (Å²) in [6.07, 6.45) is 3.96. The lowest BCUT2D eigenvalue weighted by Crippen LogP contribution is -2.21. The van der Waals surface area contributed by atoms with Crippen LogP contribution in [-0.2, 0) is 6.42 Å². The largest absolute Gasteiger partial charge is 0.491 e. The first-order valence-corrected chi connectivity index (χ1v) is 6.17. The zero-order chi connectivity index (χ0) is 11.5. The van der Waals surface area contributed by atoms with Crippen LogP contribution in [0.3, 0.4) is 0 Å². The quantitative estimate of drug-likeness (QED) is 0.843.